The highest BCUT2D eigenvalue weighted by Gasteiger charge is 2.39. The van der Waals surface area contributed by atoms with E-state index >= 15 is 13.2 Å². The van der Waals surface area contributed by atoms with E-state index < -0.39 is 0 Å². The van der Waals surface area contributed by atoms with Crippen LogP contribution in [0, 0.1) is 17.5 Å². The first-order valence-electron chi connectivity index (χ1n) is 10.2. The first-order chi connectivity index (χ1) is 14.6. The quantitative estimate of drug-likeness (QED) is 0.264. The molecule has 30 heavy (non-hydrogen) atoms. The van der Waals surface area contributed by atoms with E-state index in [1.54, 1.807) is 18.2 Å². The molecule has 0 N–H and O–H groups in total. The van der Waals surface area contributed by atoms with Gasteiger partial charge >= 0.3 is 0 Å². The highest BCUT2D eigenvalue weighted by atomic mass is 19.1. The molecule has 0 aliphatic heterocycles. The van der Waals surface area contributed by atoms with Crippen LogP contribution < -0.4 is 0 Å². The molecule has 0 aromatic heterocycles. The number of rotatable bonds is 0. The molecule has 0 fully saturated rings. The van der Waals surface area contributed by atoms with Gasteiger partial charge in [-0.3, -0.25) is 0 Å². The molecule has 3 aliphatic rings. The first kappa shape index (κ1) is 16.5. The smallest absolute Gasteiger partial charge is 0.131 e. The van der Waals surface area contributed by atoms with E-state index in [-0.39, 0.29) is 17.5 Å². The molecule has 0 radical (unpaired) electrons. The Balaban J connectivity index is 1.68. The standard InChI is InChI=1S/C27H15F3/c28-19-7-1-4-13-10-16-25(22(13)19)17-11-14-5-2-9-21(30)24(14)27(17)18-12-15-6-3-8-20(29)23(15)26(16)18/h1-9H,10-12H2. The van der Waals surface area contributed by atoms with Crippen molar-refractivity contribution >= 4 is 0 Å². The zero-order chi connectivity index (χ0) is 20.1. The molecule has 0 nitrogen and oxygen atoms in total. The maximum absolute atomic E-state index is 15.0. The van der Waals surface area contributed by atoms with Gasteiger partial charge in [-0.1, -0.05) is 36.4 Å². The summed E-state index contributed by atoms with van der Waals surface area (Å²) in [6.07, 6.45) is 1.72. The van der Waals surface area contributed by atoms with Gasteiger partial charge in [0.2, 0.25) is 0 Å². The van der Waals surface area contributed by atoms with Gasteiger partial charge in [-0.2, -0.15) is 0 Å². The fourth-order valence-corrected chi connectivity index (χ4v) is 5.92. The molecule has 4 aromatic carbocycles. The Kier molecular flexibility index (Phi) is 2.98. The largest absolute Gasteiger partial charge is 0.206 e. The minimum Gasteiger partial charge on any atom is -0.206 e. The lowest BCUT2D eigenvalue weighted by atomic mass is 9.86. The summed E-state index contributed by atoms with van der Waals surface area (Å²) in [4.78, 5) is 0. The number of hydrogen-bond acceptors (Lipinski definition) is 0. The lowest BCUT2D eigenvalue weighted by Gasteiger charge is -2.17. The maximum atomic E-state index is 15.0. The van der Waals surface area contributed by atoms with Gasteiger partial charge < -0.3 is 0 Å². The molecular formula is C27H15F3. The van der Waals surface area contributed by atoms with Crippen LogP contribution in [0.3, 0.4) is 0 Å². The molecule has 0 bridgehead atoms. The number of hydrogen-bond donors (Lipinski definition) is 0. The number of benzene rings is 4. The third kappa shape index (κ3) is 1.84. The molecule has 0 atom stereocenters. The Hall–Kier alpha value is -3.33. The summed E-state index contributed by atoms with van der Waals surface area (Å²) in [7, 11) is 0. The summed E-state index contributed by atoms with van der Waals surface area (Å²) in [5, 5.41) is 0. The predicted molar refractivity (Wildman–Crippen MR) is 111 cm³/mol. The topological polar surface area (TPSA) is 0 Å². The Morgan fingerprint density at radius 3 is 1.00 bits per heavy atom. The summed E-state index contributed by atoms with van der Waals surface area (Å²) >= 11 is 0. The van der Waals surface area contributed by atoms with Crippen LogP contribution in [0.1, 0.15) is 33.4 Å². The number of fused-ring (bicyclic) bond motifs is 12. The van der Waals surface area contributed by atoms with Crippen molar-refractivity contribution in [3.63, 3.8) is 0 Å². The molecule has 144 valence electrons. The number of halogens is 3. The van der Waals surface area contributed by atoms with E-state index in [0.717, 1.165) is 50.1 Å². The molecule has 3 heteroatoms. The van der Waals surface area contributed by atoms with Crippen LogP contribution in [0.15, 0.2) is 54.6 Å². The fourth-order valence-electron chi connectivity index (χ4n) is 5.92. The third-order valence-electron chi connectivity index (χ3n) is 6.96. The monoisotopic (exact) mass is 396 g/mol. The Morgan fingerprint density at radius 2 is 0.700 bits per heavy atom. The van der Waals surface area contributed by atoms with Gasteiger partial charge in [0.25, 0.3) is 0 Å². The lowest BCUT2D eigenvalue weighted by Crippen LogP contribution is -1.98. The Labute approximate surface area is 171 Å². The van der Waals surface area contributed by atoms with Crippen LogP contribution in [-0.4, -0.2) is 0 Å². The molecule has 3 aliphatic carbocycles. The van der Waals surface area contributed by atoms with Crippen LogP contribution in [0.5, 0.6) is 0 Å². The van der Waals surface area contributed by atoms with Crippen LogP contribution in [-0.2, 0) is 19.3 Å². The van der Waals surface area contributed by atoms with E-state index in [0.29, 0.717) is 36.0 Å². The highest BCUT2D eigenvalue weighted by Crippen LogP contribution is 2.57. The average Bonchev–Trinajstić information content (AvgIpc) is 3.39. The highest BCUT2D eigenvalue weighted by molar-refractivity contribution is 6.00. The van der Waals surface area contributed by atoms with Crippen LogP contribution in [0.2, 0.25) is 0 Å². The molecule has 0 heterocycles. The Bertz CT molecular complexity index is 1250. The van der Waals surface area contributed by atoms with Gasteiger partial charge in [-0.15, -0.1) is 0 Å². The average molecular weight is 396 g/mol. The summed E-state index contributed by atoms with van der Waals surface area (Å²) in [6, 6.07) is 15.4. The van der Waals surface area contributed by atoms with Crippen molar-refractivity contribution in [1.29, 1.82) is 0 Å². The van der Waals surface area contributed by atoms with Crippen molar-refractivity contribution in [2.75, 3.05) is 0 Å². The van der Waals surface area contributed by atoms with E-state index in [1.807, 2.05) is 18.2 Å². The molecule has 0 spiro atoms. The van der Waals surface area contributed by atoms with Crippen molar-refractivity contribution < 1.29 is 13.2 Å². The van der Waals surface area contributed by atoms with Crippen LogP contribution >= 0.6 is 0 Å². The Morgan fingerprint density at radius 1 is 0.400 bits per heavy atom. The molecule has 0 unspecified atom stereocenters. The van der Waals surface area contributed by atoms with Gasteiger partial charge in [0, 0.05) is 16.7 Å². The van der Waals surface area contributed by atoms with Gasteiger partial charge in [0.05, 0.1) is 0 Å². The van der Waals surface area contributed by atoms with Gasteiger partial charge in [0.15, 0.2) is 0 Å². The predicted octanol–water partition coefficient (Wildman–Crippen LogP) is 6.82. The van der Waals surface area contributed by atoms with E-state index in [2.05, 4.69) is 0 Å². The lowest BCUT2D eigenvalue weighted by molar-refractivity contribution is 0.630. The summed E-state index contributed by atoms with van der Waals surface area (Å²) < 4.78 is 45.1. The van der Waals surface area contributed by atoms with E-state index in [4.69, 9.17) is 0 Å². The van der Waals surface area contributed by atoms with Crippen molar-refractivity contribution in [2.45, 2.75) is 19.3 Å². The van der Waals surface area contributed by atoms with E-state index in [1.165, 1.54) is 18.2 Å². The van der Waals surface area contributed by atoms with Gasteiger partial charge in [-0.25, -0.2) is 13.2 Å². The second-order valence-corrected chi connectivity index (χ2v) is 8.41. The molecule has 7 rings (SSSR count). The minimum atomic E-state index is -0.267. The molecule has 0 saturated carbocycles. The van der Waals surface area contributed by atoms with Crippen LogP contribution in [0.25, 0.3) is 33.4 Å². The summed E-state index contributed by atoms with van der Waals surface area (Å²) in [6.45, 7) is 0. The molecule has 0 saturated heterocycles. The normalized spacial score (nSPS) is 14.1. The zero-order valence-corrected chi connectivity index (χ0v) is 16.0. The van der Waals surface area contributed by atoms with Crippen molar-refractivity contribution in [3.8, 4) is 33.4 Å². The zero-order valence-electron chi connectivity index (χ0n) is 16.0. The molecular weight excluding hydrogens is 381 g/mol. The van der Waals surface area contributed by atoms with E-state index in [9.17, 15) is 0 Å². The SMILES string of the molecule is Fc1cccc2c1-c1c(c3c(c4c1Cc1cccc(F)c1-4)Cc1cccc(F)c1-3)C2. The minimum absolute atomic E-state index is 0.267. The first-order valence-corrected chi connectivity index (χ1v) is 10.2. The van der Waals surface area contributed by atoms with Crippen molar-refractivity contribution in [2.24, 2.45) is 0 Å². The summed E-state index contributed by atoms with van der Waals surface area (Å²) in [5.41, 5.74) is 10.1. The second kappa shape index (κ2) is 5.42. The molecule has 4 aromatic rings. The summed E-state index contributed by atoms with van der Waals surface area (Å²) in [5.74, 6) is -0.801. The van der Waals surface area contributed by atoms with Crippen molar-refractivity contribution in [1.82, 2.24) is 0 Å². The van der Waals surface area contributed by atoms with Crippen molar-refractivity contribution in [3.05, 3.63) is 105 Å². The van der Waals surface area contributed by atoms with Gasteiger partial charge in [-0.05, 0) is 87.5 Å². The van der Waals surface area contributed by atoms with Gasteiger partial charge in [0.1, 0.15) is 17.5 Å². The fraction of sp³-hybridized carbons (Fsp3) is 0.111. The second-order valence-electron chi connectivity index (χ2n) is 8.41. The molecule has 0 amide bonds. The van der Waals surface area contributed by atoms with Crippen LogP contribution in [0.4, 0.5) is 13.2 Å². The maximum Gasteiger partial charge on any atom is 0.131 e. The third-order valence-corrected chi connectivity index (χ3v) is 6.96.